The van der Waals surface area contributed by atoms with Crippen molar-refractivity contribution in [2.24, 2.45) is 11.8 Å². The van der Waals surface area contributed by atoms with Crippen molar-refractivity contribution in [1.82, 2.24) is 19.8 Å². The second-order valence-electron chi connectivity index (χ2n) is 7.96. The van der Waals surface area contributed by atoms with Crippen molar-refractivity contribution in [3.63, 3.8) is 0 Å². The van der Waals surface area contributed by atoms with Crippen LogP contribution >= 0.6 is 11.3 Å². The molecule has 0 spiro atoms. The number of hydrogen-bond acceptors (Lipinski definition) is 6. The second-order valence-corrected chi connectivity index (χ2v) is 8.68. The highest BCUT2D eigenvalue weighted by atomic mass is 32.1. The van der Waals surface area contributed by atoms with E-state index in [1.807, 2.05) is 28.9 Å². The molecule has 4 heterocycles. The first-order valence-corrected chi connectivity index (χ1v) is 11.0. The minimum Gasteiger partial charge on any atom is -0.477 e. The Balaban J connectivity index is 1.22. The van der Waals surface area contributed by atoms with Gasteiger partial charge in [-0.05, 0) is 37.3 Å². The monoisotopic (exact) mass is 414 g/mol. The van der Waals surface area contributed by atoms with Crippen LogP contribution in [-0.2, 0) is 4.79 Å². The van der Waals surface area contributed by atoms with E-state index in [1.54, 1.807) is 17.1 Å². The predicted molar refractivity (Wildman–Crippen MR) is 110 cm³/mol. The Labute approximate surface area is 174 Å². The van der Waals surface area contributed by atoms with E-state index >= 15 is 0 Å². The number of aryl methyl sites for hydroxylation is 1. The molecule has 2 fully saturated rings. The number of pyridine rings is 1. The van der Waals surface area contributed by atoms with Gasteiger partial charge < -0.3 is 14.5 Å². The van der Waals surface area contributed by atoms with Crippen LogP contribution in [0.3, 0.4) is 0 Å². The third-order valence-electron chi connectivity index (χ3n) is 5.68. The first-order chi connectivity index (χ1) is 14.1. The van der Waals surface area contributed by atoms with Crippen LogP contribution in [0.4, 0.5) is 0 Å². The van der Waals surface area contributed by atoms with Gasteiger partial charge >= 0.3 is 0 Å². The van der Waals surface area contributed by atoms with Gasteiger partial charge in [0.05, 0.1) is 12.1 Å². The zero-order valence-corrected chi connectivity index (χ0v) is 17.4. The van der Waals surface area contributed by atoms with Crippen LogP contribution in [0.2, 0.25) is 0 Å². The summed E-state index contributed by atoms with van der Waals surface area (Å²) in [5, 5.41) is 1.80. The molecule has 7 nitrogen and oxygen atoms in total. The lowest BCUT2D eigenvalue weighted by atomic mass is 9.96. The van der Waals surface area contributed by atoms with Gasteiger partial charge in [0.1, 0.15) is 5.69 Å². The molecule has 8 heteroatoms. The molecule has 1 unspecified atom stereocenters. The Morgan fingerprint density at radius 3 is 2.83 bits per heavy atom. The summed E-state index contributed by atoms with van der Waals surface area (Å²) in [5.74, 6) is 1.49. The van der Waals surface area contributed by atoms with Crippen LogP contribution in [0.25, 0.3) is 0 Å². The number of nitrogens with zero attached hydrogens (tertiary/aromatic N) is 4. The molecule has 4 rings (SSSR count). The average Bonchev–Trinajstić information content (AvgIpc) is 3.37. The van der Waals surface area contributed by atoms with E-state index in [-0.39, 0.29) is 17.7 Å². The zero-order chi connectivity index (χ0) is 20.2. The highest BCUT2D eigenvalue weighted by molar-refractivity contribution is 7.07. The number of likely N-dealkylation sites (tertiary alicyclic amines) is 2. The number of amides is 2. The number of ether oxygens (including phenoxy) is 1. The van der Waals surface area contributed by atoms with Crippen molar-refractivity contribution in [2.75, 3.05) is 32.8 Å². The fourth-order valence-electron chi connectivity index (χ4n) is 4.04. The van der Waals surface area contributed by atoms with E-state index in [9.17, 15) is 9.59 Å². The molecule has 0 aromatic carbocycles. The summed E-state index contributed by atoms with van der Waals surface area (Å²) in [6.45, 7) is 5.49. The smallest absolute Gasteiger partial charge is 0.273 e. The maximum Gasteiger partial charge on any atom is 0.273 e. The third kappa shape index (κ3) is 4.93. The molecule has 154 valence electrons. The van der Waals surface area contributed by atoms with Gasteiger partial charge in [0.25, 0.3) is 5.91 Å². The summed E-state index contributed by atoms with van der Waals surface area (Å²) in [6.07, 6.45) is 4.12. The van der Waals surface area contributed by atoms with Gasteiger partial charge in [-0.3, -0.25) is 9.59 Å². The van der Waals surface area contributed by atoms with Gasteiger partial charge in [0, 0.05) is 56.2 Å². The molecular weight excluding hydrogens is 388 g/mol. The van der Waals surface area contributed by atoms with Crippen LogP contribution in [-0.4, -0.2) is 64.4 Å². The van der Waals surface area contributed by atoms with Gasteiger partial charge in [-0.15, -0.1) is 11.3 Å². The van der Waals surface area contributed by atoms with Gasteiger partial charge in [0.15, 0.2) is 0 Å². The molecule has 2 aliphatic rings. The maximum absolute atomic E-state index is 12.4. The predicted octanol–water partition coefficient (Wildman–Crippen LogP) is 2.63. The zero-order valence-electron chi connectivity index (χ0n) is 16.6. The number of rotatable bonds is 6. The van der Waals surface area contributed by atoms with E-state index in [0.29, 0.717) is 30.5 Å². The van der Waals surface area contributed by atoms with Gasteiger partial charge in [-0.25, -0.2) is 9.97 Å². The molecule has 2 amide bonds. The molecule has 29 heavy (non-hydrogen) atoms. The summed E-state index contributed by atoms with van der Waals surface area (Å²) >= 11 is 1.44. The number of aromatic nitrogens is 2. The van der Waals surface area contributed by atoms with E-state index in [2.05, 4.69) is 9.97 Å². The minimum atomic E-state index is 0.0175. The molecule has 0 radical (unpaired) electrons. The SMILES string of the molecule is Cc1ccnc(OCC2CC(=O)N(CC3CCN(C(=O)c4cscn4)CC3)C2)c1. The topological polar surface area (TPSA) is 75.6 Å². The lowest BCUT2D eigenvalue weighted by molar-refractivity contribution is -0.128. The summed E-state index contributed by atoms with van der Waals surface area (Å²) in [6, 6.07) is 3.85. The molecule has 2 saturated heterocycles. The standard InChI is InChI=1S/C21H26N4O3S/c1-15-2-5-22-19(8-15)28-12-17-9-20(26)25(11-17)10-16-3-6-24(7-4-16)21(27)18-13-29-14-23-18/h2,5,8,13-14,16-17H,3-4,6-7,9-12H2,1H3. The Kier molecular flexibility index (Phi) is 6.08. The third-order valence-corrected chi connectivity index (χ3v) is 6.27. The normalized spacial score (nSPS) is 20.3. The molecule has 1 atom stereocenters. The largest absolute Gasteiger partial charge is 0.477 e. The van der Waals surface area contributed by atoms with E-state index in [0.717, 1.165) is 44.6 Å². The summed E-state index contributed by atoms with van der Waals surface area (Å²) < 4.78 is 5.79. The first kappa shape index (κ1) is 19.8. The molecule has 0 saturated carbocycles. The molecule has 0 aliphatic carbocycles. The Morgan fingerprint density at radius 1 is 1.28 bits per heavy atom. The van der Waals surface area contributed by atoms with Crippen LogP contribution < -0.4 is 4.74 Å². The maximum atomic E-state index is 12.4. The van der Waals surface area contributed by atoms with E-state index < -0.39 is 0 Å². The Morgan fingerprint density at radius 2 is 2.10 bits per heavy atom. The Bertz CT molecular complexity index is 849. The second kappa shape index (κ2) is 8.90. The number of carbonyl (C=O) groups is 2. The van der Waals surface area contributed by atoms with Crippen molar-refractivity contribution in [1.29, 1.82) is 0 Å². The van der Waals surface area contributed by atoms with Crippen LogP contribution in [0.15, 0.2) is 29.2 Å². The number of hydrogen-bond donors (Lipinski definition) is 0. The van der Waals surface area contributed by atoms with E-state index in [1.165, 1.54) is 11.3 Å². The number of thiazole rings is 1. The van der Waals surface area contributed by atoms with Crippen LogP contribution in [0.1, 0.15) is 35.3 Å². The number of carbonyl (C=O) groups excluding carboxylic acids is 2. The fourth-order valence-corrected chi connectivity index (χ4v) is 4.57. The highest BCUT2D eigenvalue weighted by Gasteiger charge is 2.33. The highest BCUT2D eigenvalue weighted by Crippen LogP contribution is 2.25. The Hall–Kier alpha value is -2.48. The molecule has 0 bridgehead atoms. The van der Waals surface area contributed by atoms with Crippen molar-refractivity contribution in [3.8, 4) is 5.88 Å². The lowest BCUT2D eigenvalue weighted by Gasteiger charge is -2.33. The molecular formula is C21H26N4O3S. The molecule has 2 aromatic rings. The van der Waals surface area contributed by atoms with Crippen molar-refractivity contribution in [2.45, 2.75) is 26.2 Å². The van der Waals surface area contributed by atoms with Gasteiger partial charge in [-0.2, -0.15) is 0 Å². The molecule has 2 aromatic heterocycles. The average molecular weight is 415 g/mol. The van der Waals surface area contributed by atoms with Crippen LogP contribution in [0, 0.1) is 18.8 Å². The summed E-state index contributed by atoms with van der Waals surface area (Å²) in [7, 11) is 0. The minimum absolute atomic E-state index is 0.0175. The summed E-state index contributed by atoms with van der Waals surface area (Å²) in [5.41, 5.74) is 3.33. The number of piperidine rings is 1. The quantitative estimate of drug-likeness (QED) is 0.726. The van der Waals surface area contributed by atoms with Crippen molar-refractivity contribution >= 4 is 23.2 Å². The fraction of sp³-hybridized carbons (Fsp3) is 0.524. The van der Waals surface area contributed by atoms with Gasteiger partial charge in [-0.1, -0.05) is 0 Å². The molecule has 2 aliphatic heterocycles. The molecule has 0 N–H and O–H groups in total. The van der Waals surface area contributed by atoms with Crippen molar-refractivity contribution < 1.29 is 14.3 Å². The van der Waals surface area contributed by atoms with Gasteiger partial charge in [0.2, 0.25) is 11.8 Å². The van der Waals surface area contributed by atoms with E-state index in [4.69, 9.17) is 4.74 Å². The van der Waals surface area contributed by atoms with Crippen LogP contribution in [0.5, 0.6) is 5.88 Å². The van der Waals surface area contributed by atoms with Crippen molar-refractivity contribution in [3.05, 3.63) is 40.5 Å². The lowest BCUT2D eigenvalue weighted by Crippen LogP contribution is -2.42. The first-order valence-electron chi connectivity index (χ1n) is 10.1. The summed E-state index contributed by atoms with van der Waals surface area (Å²) in [4.78, 5) is 37.0.